The Kier molecular flexibility index (Phi) is 17.9. The van der Waals surface area contributed by atoms with Crippen molar-refractivity contribution in [3.05, 3.63) is 117 Å². The molecule has 72 heavy (non-hydrogen) atoms. The van der Waals surface area contributed by atoms with Crippen LogP contribution in [-0.4, -0.2) is 104 Å². The Hall–Kier alpha value is -6.20. The number of ketones is 2. The van der Waals surface area contributed by atoms with Gasteiger partial charge in [0.05, 0.1) is 24.0 Å². The van der Waals surface area contributed by atoms with Crippen molar-refractivity contribution < 1.29 is 78.2 Å². The van der Waals surface area contributed by atoms with E-state index in [0.29, 0.717) is 11.5 Å². The molecule has 392 valence electrons. The van der Waals surface area contributed by atoms with Crippen molar-refractivity contribution in [3.8, 4) is 23.0 Å². The number of aromatic hydroxyl groups is 2. The fourth-order valence-corrected chi connectivity index (χ4v) is 10.5. The van der Waals surface area contributed by atoms with Crippen LogP contribution in [0.15, 0.2) is 83.4 Å². The minimum absolute atomic E-state index is 0.00707. The van der Waals surface area contributed by atoms with Gasteiger partial charge in [0.1, 0.15) is 70.1 Å². The Bertz CT molecular complexity index is 2440. The number of carbonyl (C=O) groups excluding carboxylic acids is 2. The summed E-state index contributed by atoms with van der Waals surface area (Å²) in [5, 5.41) is 55.0. The Labute approximate surface area is 421 Å². The van der Waals surface area contributed by atoms with E-state index in [0.717, 1.165) is 60.4 Å². The molecule has 16 nitrogen and oxygen atoms in total. The third-order valence-corrected chi connectivity index (χ3v) is 14.4. The van der Waals surface area contributed by atoms with Crippen LogP contribution in [0, 0.1) is 25.7 Å². The summed E-state index contributed by atoms with van der Waals surface area (Å²) in [4.78, 5) is 51.1. The van der Waals surface area contributed by atoms with E-state index >= 15 is 0 Å². The summed E-state index contributed by atoms with van der Waals surface area (Å²) in [6, 6.07) is 3.17. The van der Waals surface area contributed by atoms with Crippen LogP contribution >= 0.6 is 0 Å². The molecule has 6 heterocycles. The summed E-state index contributed by atoms with van der Waals surface area (Å²) in [5.74, 6) is -3.72. The van der Waals surface area contributed by atoms with Crippen molar-refractivity contribution in [3.63, 3.8) is 0 Å². The predicted molar refractivity (Wildman–Crippen MR) is 268 cm³/mol. The minimum atomic E-state index is -1.44. The van der Waals surface area contributed by atoms with Gasteiger partial charge in [0.2, 0.25) is 11.6 Å². The molecule has 0 aromatic heterocycles. The highest BCUT2D eigenvalue weighted by atomic mass is 16.6. The van der Waals surface area contributed by atoms with Gasteiger partial charge in [0, 0.05) is 49.3 Å². The van der Waals surface area contributed by atoms with Crippen LogP contribution in [0.25, 0.3) is 0 Å². The van der Waals surface area contributed by atoms with Gasteiger partial charge >= 0.3 is 11.9 Å². The van der Waals surface area contributed by atoms with E-state index < -0.39 is 71.0 Å². The maximum atomic E-state index is 13.3. The van der Waals surface area contributed by atoms with E-state index in [1.165, 1.54) is 0 Å². The highest BCUT2D eigenvalue weighted by molar-refractivity contribution is 6.23. The standard InChI is InChI=1S/2C27H32O7.2CH4O/c2*1-7-8-9-10-11-27(6)25(29)22(26(30)31)24(34-27)20-16(5)32-18-12-17(28)14(3)19-13(2)15(4)33-23(20)21(18)19;2*1-2/h2*8-13,15-16,20,23,28H,7H2,1-6H3,(H,30,31);2*2H,1H3/b2*9-8+,11-10+;;/t2*13-,15-,16-,20-,23+,27-;;/m11../s1. The molecule has 6 aliphatic heterocycles. The molecule has 8 rings (SSSR count). The zero-order chi connectivity index (χ0) is 53.9. The first-order valence-corrected chi connectivity index (χ1v) is 24.4. The first-order chi connectivity index (χ1) is 34.0. The number of carboxylic acid groups (broad SMARTS) is 2. The van der Waals surface area contributed by atoms with E-state index in [9.17, 15) is 39.6 Å². The zero-order valence-corrected chi connectivity index (χ0v) is 43.7. The van der Waals surface area contributed by atoms with Gasteiger partial charge in [-0.1, -0.05) is 64.2 Å². The summed E-state index contributed by atoms with van der Waals surface area (Å²) in [7, 11) is 2.00. The summed E-state index contributed by atoms with van der Waals surface area (Å²) in [6.07, 6.45) is 13.0. The monoisotopic (exact) mass is 1000 g/mol. The second-order valence-electron chi connectivity index (χ2n) is 19.0. The van der Waals surface area contributed by atoms with E-state index in [1.54, 1.807) is 76.3 Å². The number of rotatable bonds is 10. The molecule has 0 bridgehead atoms. The lowest BCUT2D eigenvalue weighted by atomic mass is 9.76. The number of Topliss-reactive ketones (excluding diaryl/α,β-unsaturated/α-hetero) is 2. The van der Waals surface area contributed by atoms with Crippen molar-refractivity contribution in [2.24, 2.45) is 11.8 Å². The average molecular weight is 1000 g/mol. The molecule has 16 heteroatoms. The Morgan fingerprint density at radius 3 is 1.21 bits per heavy atom. The van der Waals surface area contributed by atoms with Crippen LogP contribution in [0.3, 0.4) is 0 Å². The third-order valence-electron chi connectivity index (χ3n) is 14.4. The van der Waals surface area contributed by atoms with Crippen molar-refractivity contribution in [1.29, 1.82) is 0 Å². The first kappa shape index (κ1) is 56.7. The molecule has 0 spiro atoms. The van der Waals surface area contributed by atoms with Gasteiger partial charge in [-0.15, -0.1) is 0 Å². The number of hydrogen-bond donors (Lipinski definition) is 6. The number of aliphatic carboxylic acids is 2. The molecule has 0 radical (unpaired) electrons. The van der Waals surface area contributed by atoms with Gasteiger partial charge in [-0.2, -0.15) is 0 Å². The lowest BCUT2D eigenvalue weighted by Crippen LogP contribution is -2.43. The highest BCUT2D eigenvalue weighted by Crippen LogP contribution is 2.58. The highest BCUT2D eigenvalue weighted by Gasteiger charge is 2.57. The van der Waals surface area contributed by atoms with E-state index in [2.05, 4.69) is 0 Å². The molecule has 2 aromatic rings. The maximum Gasteiger partial charge on any atom is 0.343 e. The van der Waals surface area contributed by atoms with Crippen LogP contribution in [0.2, 0.25) is 0 Å². The molecular weight excluding hydrogens is 929 g/mol. The topological polar surface area (TPSA) is 245 Å². The number of hydrogen-bond acceptors (Lipinski definition) is 14. The van der Waals surface area contributed by atoms with Gasteiger partial charge in [-0.3, -0.25) is 9.59 Å². The zero-order valence-electron chi connectivity index (χ0n) is 43.7. The summed E-state index contributed by atoms with van der Waals surface area (Å²) >= 11 is 0. The molecule has 2 aromatic carbocycles. The van der Waals surface area contributed by atoms with Gasteiger partial charge in [-0.25, -0.2) is 9.59 Å². The van der Waals surface area contributed by atoms with Gasteiger partial charge in [-0.05, 0) is 103 Å². The fourth-order valence-electron chi connectivity index (χ4n) is 10.5. The smallest absolute Gasteiger partial charge is 0.343 e. The maximum absolute atomic E-state index is 13.3. The Morgan fingerprint density at radius 2 is 0.903 bits per heavy atom. The number of ether oxygens (including phenoxy) is 6. The molecular formula is C56H72O16. The normalized spacial score (nSPS) is 31.1. The van der Waals surface area contributed by atoms with Crippen LogP contribution in [-0.2, 0) is 38.1 Å². The number of aliphatic hydroxyl groups is 2. The predicted octanol–water partition coefficient (Wildman–Crippen LogP) is 8.98. The van der Waals surface area contributed by atoms with Gasteiger partial charge in [0.15, 0.2) is 11.2 Å². The van der Waals surface area contributed by atoms with Crippen molar-refractivity contribution in [2.45, 2.75) is 156 Å². The summed E-state index contributed by atoms with van der Waals surface area (Å²) in [6.45, 7) is 22.4. The first-order valence-electron chi connectivity index (χ1n) is 24.4. The largest absolute Gasteiger partial charge is 0.508 e. The second kappa shape index (κ2) is 22.7. The Morgan fingerprint density at radius 1 is 0.569 bits per heavy atom. The summed E-state index contributed by atoms with van der Waals surface area (Å²) < 4.78 is 37.6. The molecule has 0 saturated carbocycles. The number of phenolic OH excluding ortho intramolecular Hbond substituents is 2. The number of carbonyl (C=O) groups is 4. The minimum Gasteiger partial charge on any atom is -0.508 e. The van der Waals surface area contributed by atoms with E-state index in [1.807, 2.05) is 67.5 Å². The van der Waals surface area contributed by atoms with Crippen molar-refractivity contribution >= 4 is 23.5 Å². The molecule has 0 aliphatic carbocycles. The molecule has 0 amide bonds. The van der Waals surface area contributed by atoms with E-state index in [4.69, 9.17) is 38.6 Å². The molecule has 12 atom stereocenters. The number of aliphatic hydroxyl groups excluding tert-OH is 2. The van der Waals surface area contributed by atoms with E-state index in [-0.39, 0.29) is 58.2 Å². The van der Waals surface area contributed by atoms with Crippen LogP contribution in [0.5, 0.6) is 23.0 Å². The van der Waals surface area contributed by atoms with Gasteiger partial charge < -0.3 is 59.1 Å². The number of carboxylic acids is 2. The van der Waals surface area contributed by atoms with Crippen LogP contribution in [0.1, 0.15) is 140 Å². The SMILES string of the molecule is CC/C=C/C=C/[C@@]1(C)OC([C@H]2[C@@H]3O[C@H](C)[C@@H](C)c4c(C)c(O)cc(c43)O[C@@H]2C)=C(C(=O)O)C1=O.CC/C=C/C=C/[C@@]1(C)OC([C@H]2[C@@H]3O[C@H](C)[C@@H](C)c4c(C)c(O)cc(c43)O[C@@H]2C)=C(C(=O)O)C1=O.CO.CO. The lowest BCUT2D eigenvalue weighted by Gasteiger charge is -2.46. The summed E-state index contributed by atoms with van der Waals surface area (Å²) in [5.41, 5.74) is 1.30. The molecule has 0 unspecified atom stereocenters. The van der Waals surface area contributed by atoms with Crippen molar-refractivity contribution in [2.75, 3.05) is 14.2 Å². The molecule has 6 N–H and O–H groups in total. The molecule has 0 saturated heterocycles. The Balaban J connectivity index is 0.000000250. The number of benzene rings is 2. The average Bonchev–Trinajstić information content (AvgIpc) is 3.75. The quantitative estimate of drug-likeness (QED) is 0.0960. The number of phenols is 2. The lowest BCUT2D eigenvalue weighted by molar-refractivity contribution is -0.137. The molecule has 0 fully saturated rings. The third kappa shape index (κ3) is 10.1. The van der Waals surface area contributed by atoms with Crippen LogP contribution < -0.4 is 9.47 Å². The van der Waals surface area contributed by atoms with Crippen molar-refractivity contribution in [1.82, 2.24) is 0 Å². The fraction of sp³-hybridized carbons (Fsp3) is 0.500. The van der Waals surface area contributed by atoms with Crippen LogP contribution in [0.4, 0.5) is 0 Å². The molecule has 6 aliphatic rings. The second-order valence-corrected chi connectivity index (χ2v) is 19.0. The van der Waals surface area contributed by atoms with Gasteiger partial charge in [0.25, 0.3) is 0 Å². The number of allylic oxidation sites excluding steroid dienone is 6.